The molecule has 0 aromatic carbocycles. The lowest BCUT2D eigenvalue weighted by Crippen LogP contribution is -2.47. The molecular weight excluding hydrogens is 210 g/mol. The molecule has 1 aliphatic heterocycles. The van der Waals surface area contributed by atoms with E-state index in [1.165, 1.54) is 25.7 Å². The molecule has 0 bridgehead atoms. The molecule has 0 amide bonds. The molecule has 0 radical (unpaired) electrons. The average Bonchev–Trinajstić information content (AvgIpc) is 2.20. The molecule has 2 fully saturated rings. The minimum absolute atomic E-state index is 0.374. The minimum Gasteiger partial charge on any atom is -0.298 e. The van der Waals surface area contributed by atoms with Crippen molar-refractivity contribution in [3.05, 3.63) is 0 Å². The van der Waals surface area contributed by atoms with E-state index in [2.05, 4.69) is 11.8 Å². The van der Waals surface area contributed by atoms with Gasteiger partial charge in [0.2, 0.25) is 0 Å². The van der Waals surface area contributed by atoms with Gasteiger partial charge in [-0.3, -0.25) is 4.90 Å². The molecule has 0 spiro atoms. The van der Waals surface area contributed by atoms with Crippen LogP contribution in [0, 0.1) is 5.92 Å². The van der Waals surface area contributed by atoms with Crippen molar-refractivity contribution in [3.8, 4) is 0 Å². The highest BCUT2D eigenvalue weighted by atomic mass is 32.2. The van der Waals surface area contributed by atoms with Crippen LogP contribution in [0.2, 0.25) is 0 Å². The van der Waals surface area contributed by atoms with E-state index in [4.69, 9.17) is 0 Å². The fraction of sp³-hybridized carbons (Fsp3) is 1.00. The van der Waals surface area contributed by atoms with E-state index in [0.29, 0.717) is 17.5 Å². The van der Waals surface area contributed by atoms with E-state index >= 15 is 0 Å². The normalized spacial score (nSPS) is 37.7. The summed E-state index contributed by atoms with van der Waals surface area (Å²) in [5.74, 6) is 1.62. The quantitative estimate of drug-likeness (QED) is 0.682. The van der Waals surface area contributed by atoms with Gasteiger partial charge in [-0.2, -0.15) is 0 Å². The van der Waals surface area contributed by atoms with Crippen LogP contribution in [0.5, 0.6) is 0 Å². The molecule has 0 aromatic rings. The van der Waals surface area contributed by atoms with Crippen LogP contribution in [0.4, 0.5) is 0 Å². The Kier molecular flexibility index (Phi) is 3.36. The first-order chi connectivity index (χ1) is 7.07. The summed E-state index contributed by atoms with van der Waals surface area (Å²) in [5, 5.41) is 0. The summed E-state index contributed by atoms with van der Waals surface area (Å²) in [7, 11) is -2.71. The van der Waals surface area contributed by atoms with E-state index in [-0.39, 0.29) is 0 Å². The Morgan fingerprint density at radius 1 is 1.00 bits per heavy atom. The summed E-state index contributed by atoms with van der Waals surface area (Å²) < 4.78 is 22.6. The molecule has 0 aromatic heterocycles. The zero-order valence-corrected chi connectivity index (χ0v) is 10.3. The molecule has 0 N–H and O–H groups in total. The van der Waals surface area contributed by atoms with E-state index < -0.39 is 9.84 Å². The highest BCUT2D eigenvalue weighted by Crippen LogP contribution is 2.27. The SMILES string of the molecule is CC1CCC(N2CCS(=O)(=O)CC2)CC1. The van der Waals surface area contributed by atoms with Crippen LogP contribution in [-0.4, -0.2) is 44.0 Å². The Balaban J connectivity index is 1.86. The third-order valence-corrected chi connectivity index (χ3v) is 5.49. The second-order valence-corrected chi connectivity index (χ2v) is 7.41. The first-order valence-corrected chi connectivity index (χ1v) is 7.83. The van der Waals surface area contributed by atoms with Gasteiger partial charge in [-0.05, 0) is 31.6 Å². The van der Waals surface area contributed by atoms with Crippen molar-refractivity contribution < 1.29 is 8.42 Å². The Morgan fingerprint density at radius 3 is 2.07 bits per heavy atom. The van der Waals surface area contributed by atoms with E-state index in [1.54, 1.807) is 0 Å². The van der Waals surface area contributed by atoms with Crippen LogP contribution in [0.3, 0.4) is 0 Å². The van der Waals surface area contributed by atoms with E-state index in [9.17, 15) is 8.42 Å². The van der Waals surface area contributed by atoms with Crippen molar-refractivity contribution in [2.45, 2.75) is 38.6 Å². The Bertz CT molecular complexity index is 291. The molecule has 1 aliphatic carbocycles. The van der Waals surface area contributed by atoms with Gasteiger partial charge in [-0.15, -0.1) is 0 Å². The summed E-state index contributed by atoms with van der Waals surface area (Å²) in [4.78, 5) is 2.40. The van der Waals surface area contributed by atoms with Gasteiger partial charge < -0.3 is 0 Å². The van der Waals surface area contributed by atoms with Gasteiger partial charge in [-0.1, -0.05) is 6.92 Å². The van der Waals surface area contributed by atoms with Gasteiger partial charge in [-0.25, -0.2) is 8.42 Å². The van der Waals surface area contributed by atoms with Gasteiger partial charge >= 0.3 is 0 Å². The maximum Gasteiger partial charge on any atom is 0.152 e. The summed E-state index contributed by atoms with van der Waals surface area (Å²) in [5.41, 5.74) is 0. The van der Waals surface area contributed by atoms with Gasteiger partial charge in [0, 0.05) is 19.1 Å². The van der Waals surface area contributed by atoms with Gasteiger partial charge in [0.15, 0.2) is 9.84 Å². The van der Waals surface area contributed by atoms with Gasteiger partial charge in [0.25, 0.3) is 0 Å². The third-order valence-electron chi connectivity index (χ3n) is 3.88. The zero-order valence-electron chi connectivity index (χ0n) is 9.48. The number of hydrogen-bond donors (Lipinski definition) is 0. The number of hydrogen-bond acceptors (Lipinski definition) is 3. The standard InChI is InChI=1S/C11H21NO2S/c1-10-2-4-11(5-3-10)12-6-8-15(13,14)9-7-12/h10-11H,2-9H2,1H3. The van der Waals surface area contributed by atoms with Crippen LogP contribution in [0.15, 0.2) is 0 Å². The molecule has 0 atom stereocenters. The molecule has 88 valence electrons. The topological polar surface area (TPSA) is 37.4 Å². The Hall–Kier alpha value is -0.0900. The van der Waals surface area contributed by atoms with Crippen LogP contribution >= 0.6 is 0 Å². The minimum atomic E-state index is -2.71. The molecule has 2 rings (SSSR count). The lowest BCUT2D eigenvalue weighted by Gasteiger charge is -2.38. The lowest BCUT2D eigenvalue weighted by molar-refractivity contribution is 0.150. The van der Waals surface area contributed by atoms with Crippen LogP contribution in [-0.2, 0) is 9.84 Å². The van der Waals surface area contributed by atoms with Gasteiger partial charge in [0.1, 0.15) is 0 Å². The maximum atomic E-state index is 11.3. The molecule has 1 heterocycles. The molecule has 0 unspecified atom stereocenters. The molecule has 2 aliphatic rings. The molecular formula is C11H21NO2S. The van der Waals surface area contributed by atoms with Crippen LogP contribution < -0.4 is 0 Å². The van der Waals surface area contributed by atoms with Crippen LogP contribution in [0.1, 0.15) is 32.6 Å². The van der Waals surface area contributed by atoms with Crippen molar-refractivity contribution in [2.24, 2.45) is 5.92 Å². The third kappa shape index (κ3) is 2.94. The highest BCUT2D eigenvalue weighted by molar-refractivity contribution is 7.91. The predicted octanol–water partition coefficient (Wildman–Crippen LogP) is 1.30. The second-order valence-electron chi connectivity index (χ2n) is 5.10. The van der Waals surface area contributed by atoms with Crippen molar-refractivity contribution in [1.29, 1.82) is 0 Å². The van der Waals surface area contributed by atoms with Crippen molar-refractivity contribution >= 4 is 9.84 Å². The molecule has 4 heteroatoms. The molecule has 1 saturated carbocycles. The van der Waals surface area contributed by atoms with E-state index in [1.807, 2.05) is 0 Å². The smallest absolute Gasteiger partial charge is 0.152 e. The zero-order chi connectivity index (χ0) is 10.9. The molecule has 15 heavy (non-hydrogen) atoms. The van der Waals surface area contributed by atoms with Crippen molar-refractivity contribution in [3.63, 3.8) is 0 Å². The largest absolute Gasteiger partial charge is 0.298 e. The number of rotatable bonds is 1. The van der Waals surface area contributed by atoms with Crippen molar-refractivity contribution in [2.75, 3.05) is 24.6 Å². The van der Waals surface area contributed by atoms with Crippen molar-refractivity contribution in [1.82, 2.24) is 4.90 Å². The lowest BCUT2D eigenvalue weighted by atomic mass is 9.86. The fourth-order valence-electron chi connectivity index (χ4n) is 2.70. The first kappa shape index (κ1) is 11.4. The number of nitrogens with zero attached hydrogens (tertiary/aromatic N) is 1. The summed E-state index contributed by atoms with van der Waals surface area (Å²) in [6.07, 6.45) is 5.16. The predicted molar refractivity (Wildman–Crippen MR) is 61.6 cm³/mol. The highest BCUT2D eigenvalue weighted by Gasteiger charge is 2.29. The fourth-order valence-corrected chi connectivity index (χ4v) is 3.93. The number of sulfone groups is 1. The molecule has 3 nitrogen and oxygen atoms in total. The summed E-state index contributed by atoms with van der Waals surface area (Å²) in [6, 6.07) is 0.664. The molecule has 1 saturated heterocycles. The van der Waals surface area contributed by atoms with E-state index in [0.717, 1.165) is 19.0 Å². The van der Waals surface area contributed by atoms with Gasteiger partial charge in [0.05, 0.1) is 11.5 Å². The summed E-state index contributed by atoms with van der Waals surface area (Å²) >= 11 is 0. The maximum absolute atomic E-state index is 11.3. The average molecular weight is 231 g/mol. The summed E-state index contributed by atoms with van der Waals surface area (Å²) in [6.45, 7) is 3.85. The Morgan fingerprint density at radius 2 is 1.53 bits per heavy atom. The second kappa shape index (κ2) is 4.42. The van der Waals surface area contributed by atoms with Crippen LogP contribution in [0.25, 0.3) is 0 Å². The monoisotopic (exact) mass is 231 g/mol. The first-order valence-electron chi connectivity index (χ1n) is 6.01. The Labute approximate surface area is 92.8 Å².